The van der Waals surface area contributed by atoms with Crippen molar-refractivity contribution in [3.05, 3.63) is 36.0 Å². The second kappa shape index (κ2) is 2.82. The van der Waals surface area contributed by atoms with Gasteiger partial charge in [0.2, 0.25) is 0 Å². The Bertz CT molecular complexity index is 459. The van der Waals surface area contributed by atoms with E-state index < -0.39 is 0 Å². The molecule has 0 aliphatic carbocycles. The number of para-hydroxylation sites is 1. The number of benzene rings is 1. The molecule has 0 spiro atoms. The Balaban J connectivity index is 2.71. The van der Waals surface area contributed by atoms with Crippen LogP contribution in [-0.2, 0) is 0 Å². The van der Waals surface area contributed by atoms with Crippen molar-refractivity contribution in [1.29, 1.82) is 0 Å². The van der Waals surface area contributed by atoms with E-state index in [4.69, 9.17) is 10.9 Å². The number of hydrogen-bond acceptors (Lipinski definition) is 2. The number of hydrogen-bond donors (Lipinski definition) is 3. The van der Waals surface area contributed by atoms with Crippen molar-refractivity contribution in [1.82, 2.24) is 4.98 Å². The van der Waals surface area contributed by atoms with Gasteiger partial charge in [-0.1, -0.05) is 23.4 Å². The van der Waals surface area contributed by atoms with Crippen LogP contribution < -0.4 is 5.73 Å². The van der Waals surface area contributed by atoms with Gasteiger partial charge in [-0.05, 0) is 6.07 Å². The maximum Gasteiger partial charge on any atom is 0.172 e. The standard InChI is InChI=1S/C9H8N3O/c10-9(12-13)7-5-11-8-4-2-1-3-6(7)8/h1-4,11,13H,(H2,10,12). The highest BCUT2D eigenvalue weighted by Crippen LogP contribution is 2.16. The smallest absolute Gasteiger partial charge is 0.172 e. The number of nitrogens with zero attached hydrogens (tertiary/aromatic N) is 1. The van der Waals surface area contributed by atoms with Gasteiger partial charge < -0.3 is 15.9 Å². The van der Waals surface area contributed by atoms with Gasteiger partial charge in [-0.3, -0.25) is 0 Å². The van der Waals surface area contributed by atoms with Crippen LogP contribution in [0.15, 0.2) is 29.4 Å². The van der Waals surface area contributed by atoms with E-state index in [2.05, 4.69) is 16.3 Å². The summed E-state index contributed by atoms with van der Waals surface area (Å²) in [6.45, 7) is 0. The Hall–Kier alpha value is -1.97. The summed E-state index contributed by atoms with van der Waals surface area (Å²) in [5, 5.41) is 12.3. The fourth-order valence-electron chi connectivity index (χ4n) is 1.26. The Labute approximate surface area is 74.7 Å². The van der Waals surface area contributed by atoms with Crippen LogP contribution in [0.1, 0.15) is 5.56 Å². The monoisotopic (exact) mass is 174 g/mol. The average Bonchev–Trinajstić information content (AvgIpc) is 2.60. The molecule has 65 valence electrons. The molecule has 2 aromatic rings. The summed E-state index contributed by atoms with van der Waals surface area (Å²) in [6, 6.07) is 7.58. The Morgan fingerprint density at radius 1 is 1.46 bits per heavy atom. The van der Waals surface area contributed by atoms with Crippen LogP contribution in [0, 0.1) is 6.20 Å². The van der Waals surface area contributed by atoms with E-state index >= 15 is 0 Å². The minimum Gasteiger partial charge on any atom is -0.409 e. The number of aromatic amines is 1. The first-order valence-electron chi connectivity index (χ1n) is 3.79. The van der Waals surface area contributed by atoms with E-state index in [9.17, 15) is 0 Å². The predicted molar refractivity (Wildman–Crippen MR) is 49.6 cm³/mol. The molecule has 0 unspecified atom stereocenters. The summed E-state index contributed by atoms with van der Waals surface area (Å²) in [5.74, 6) is 0.0671. The van der Waals surface area contributed by atoms with Crippen LogP contribution in [0.5, 0.6) is 0 Å². The summed E-state index contributed by atoms with van der Waals surface area (Å²) < 4.78 is 0. The second-order valence-corrected chi connectivity index (χ2v) is 2.66. The quantitative estimate of drug-likeness (QED) is 0.262. The number of rotatable bonds is 1. The molecule has 4 heteroatoms. The van der Waals surface area contributed by atoms with Crippen LogP contribution in [-0.4, -0.2) is 16.0 Å². The molecule has 13 heavy (non-hydrogen) atoms. The summed E-state index contributed by atoms with van der Waals surface area (Å²) >= 11 is 0. The number of aromatic nitrogens is 1. The number of oxime groups is 1. The van der Waals surface area contributed by atoms with E-state index in [0.717, 1.165) is 10.9 Å². The molecule has 0 fully saturated rings. The number of nitrogens with one attached hydrogen (secondary N) is 1. The third kappa shape index (κ3) is 1.12. The number of fused-ring (bicyclic) bond motifs is 1. The zero-order valence-electron chi connectivity index (χ0n) is 6.78. The van der Waals surface area contributed by atoms with Crippen molar-refractivity contribution in [2.75, 3.05) is 0 Å². The van der Waals surface area contributed by atoms with Crippen molar-refractivity contribution in [2.45, 2.75) is 0 Å². The highest BCUT2D eigenvalue weighted by molar-refractivity contribution is 6.08. The largest absolute Gasteiger partial charge is 0.409 e. The summed E-state index contributed by atoms with van der Waals surface area (Å²) in [6.07, 6.45) is 2.82. The molecule has 1 radical (unpaired) electrons. The van der Waals surface area contributed by atoms with E-state index in [1.807, 2.05) is 24.3 Å². The van der Waals surface area contributed by atoms with Gasteiger partial charge in [0.05, 0.1) is 11.8 Å². The lowest BCUT2D eigenvalue weighted by Gasteiger charge is -1.93. The minimum atomic E-state index is 0.0671. The van der Waals surface area contributed by atoms with Crippen molar-refractivity contribution >= 4 is 16.7 Å². The zero-order chi connectivity index (χ0) is 9.26. The van der Waals surface area contributed by atoms with Crippen molar-refractivity contribution in [3.63, 3.8) is 0 Å². The first-order valence-corrected chi connectivity index (χ1v) is 3.79. The molecule has 0 bridgehead atoms. The van der Waals surface area contributed by atoms with Gasteiger partial charge in [-0.25, -0.2) is 0 Å². The van der Waals surface area contributed by atoms with Crippen molar-refractivity contribution in [2.24, 2.45) is 10.9 Å². The molecule has 4 nitrogen and oxygen atoms in total. The lowest BCUT2D eigenvalue weighted by atomic mass is 10.2. The first-order chi connectivity index (χ1) is 6.33. The molecular formula is C9H8N3O. The minimum absolute atomic E-state index is 0.0671. The third-order valence-electron chi connectivity index (χ3n) is 1.88. The SMILES string of the molecule is NC(=NO)c1[c][nH]c2ccccc12. The number of H-pyrrole nitrogens is 1. The molecule has 0 aliphatic rings. The molecule has 0 saturated heterocycles. The topological polar surface area (TPSA) is 74.4 Å². The molecule has 1 heterocycles. The maximum absolute atomic E-state index is 8.50. The molecular weight excluding hydrogens is 166 g/mol. The molecule has 2 rings (SSSR count). The Morgan fingerprint density at radius 3 is 3.00 bits per heavy atom. The maximum atomic E-state index is 8.50. The van der Waals surface area contributed by atoms with Crippen LogP contribution in [0.4, 0.5) is 0 Å². The summed E-state index contributed by atoms with van der Waals surface area (Å²) in [7, 11) is 0. The van der Waals surface area contributed by atoms with Gasteiger partial charge in [0, 0.05) is 10.9 Å². The first kappa shape index (κ1) is 7.67. The van der Waals surface area contributed by atoms with Crippen LogP contribution in [0.25, 0.3) is 10.9 Å². The fraction of sp³-hybridized carbons (Fsp3) is 0. The Morgan fingerprint density at radius 2 is 2.23 bits per heavy atom. The fourth-order valence-corrected chi connectivity index (χ4v) is 1.26. The molecule has 4 N–H and O–H groups in total. The average molecular weight is 174 g/mol. The Kier molecular flexibility index (Phi) is 1.66. The second-order valence-electron chi connectivity index (χ2n) is 2.66. The van der Waals surface area contributed by atoms with Gasteiger partial charge in [0.15, 0.2) is 5.84 Å². The molecule has 0 atom stereocenters. The van der Waals surface area contributed by atoms with Crippen LogP contribution >= 0.6 is 0 Å². The molecule has 1 aromatic heterocycles. The van der Waals surface area contributed by atoms with Crippen molar-refractivity contribution in [3.8, 4) is 0 Å². The van der Waals surface area contributed by atoms with Gasteiger partial charge in [0.1, 0.15) is 0 Å². The number of amidine groups is 1. The van der Waals surface area contributed by atoms with E-state index in [0.29, 0.717) is 5.56 Å². The number of nitrogens with two attached hydrogens (primary N) is 1. The highest BCUT2D eigenvalue weighted by Gasteiger charge is 2.06. The lowest BCUT2D eigenvalue weighted by Crippen LogP contribution is -2.12. The summed E-state index contributed by atoms with van der Waals surface area (Å²) in [5.41, 5.74) is 6.97. The van der Waals surface area contributed by atoms with Crippen LogP contribution in [0.3, 0.4) is 0 Å². The van der Waals surface area contributed by atoms with E-state index in [-0.39, 0.29) is 5.84 Å². The molecule has 0 saturated carbocycles. The van der Waals surface area contributed by atoms with Gasteiger partial charge in [-0.15, -0.1) is 0 Å². The summed E-state index contributed by atoms with van der Waals surface area (Å²) in [4.78, 5) is 2.91. The molecule has 1 aromatic carbocycles. The predicted octanol–water partition coefficient (Wildman–Crippen LogP) is 1.06. The molecule has 0 amide bonds. The molecule has 0 aliphatic heterocycles. The lowest BCUT2D eigenvalue weighted by molar-refractivity contribution is 0.318. The third-order valence-corrected chi connectivity index (χ3v) is 1.88. The van der Waals surface area contributed by atoms with Gasteiger partial charge >= 0.3 is 0 Å². The highest BCUT2D eigenvalue weighted by atomic mass is 16.4. The van der Waals surface area contributed by atoms with Crippen LogP contribution in [0.2, 0.25) is 0 Å². The van der Waals surface area contributed by atoms with Crippen molar-refractivity contribution < 1.29 is 5.21 Å². The van der Waals surface area contributed by atoms with E-state index in [1.54, 1.807) is 0 Å². The van der Waals surface area contributed by atoms with Gasteiger partial charge in [0.25, 0.3) is 0 Å². The normalized spacial score (nSPS) is 12.2. The van der Waals surface area contributed by atoms with Gasteiger partial charge in [-0.2, -0.15) is 0 Å². The zero-order valence-corrected chi connectivity index (χ0v) is 6.78. The van der Waals surface area contributed by atoms with E-state index in [1.165, 1.54) is 0 Å².